The van der Waals surface area contributed by atoms with Gasteiger partial charge in [0.1, 0.15) is 0 Å². The number of aromatic nitrogens is 2. The van der Waals surface area contributed by atoms with Gasteiger partial charge >= 0.3 is 5.97 Å². The van der Waals surface area contributed by atoms with E-state index in [0.717, 1.165) is 78.5 Å². The first kappa shape index (κ1) is 34.2. The number of nitrogens with zero attached hydrogens (tertiary/aromatic N) is 4. The molecule has 0 aliphatic carbocycles. The Morgan fingerprint density at radius 3 is 2.27 bits per heavy atom. The summed E-state index contributed by atoms with van der Waals surface area (Å²) in [5.74, 6) is -0.290. The van der Waals surface area contributed by atoms with Crippen LogP contribution in [0.1, 0.15) is 60.3 Å². The molecule has 3 aromatic carbocycles. The standard InChI is InChI=1S/C38H43N5O6/c44-26-27-8-10-30(11-9-27)34-23-33(25-42-18-20-43(21-19-42)38-39-16-3-17-40-38)48-37(49-34)31-14-12-29(13-15-31)32-5-1-4-28(22-32)24-41-35(45)6-2-7-36(46)47/h1,3-5,8-17,22,33-34,37,44H,2,6-7,18-21,23-26H2,(H,41,45)(H,46,47)/t33-,34+,37+/m1/s1. The van der Waals surface area contributed by atoms with Crippen LogP contribution in [0, 0.1) is 0 Å². The van der Waals surface area contributed by atoms with Gasteiger partial charge in [0.2, 0.25) is 11.9 Å². The van der Waals surface area contributed by atoms with Crippen molar-refractivity contribution in [2.24, 2.45) is 0 Å². The minimum absolute atomic E-state index is 0.00133. The number of aliphatic hydroxyl groups is 1. The van der Waals surface area contributed by atoms with E-state index >= 15 is 0 Å². The second-order valence-electron chi connectivity index (χ2n) is 12.5. The van der Waals surface area contributed by atoms with Crippen LogP contribution in [0.3, 0.4) is 0 Å². The summed E-state index contributed by atoms with van der Waals surface area (Å²) >= 11 is 0. The minimum Gasteiger partial charge on any atom is -0.481 e. The van der Waals surface area contributed by atoms with E-state index in [1.807, 2.05) is 66.7 Å². The molecule has 3 heterocycles. The molecular weight excluding hydrogens is 622 g/mol. The number of rotatable bonds is 13. The van der Waals surface area contributed by atoms with E-state index in [9.17, 15) is 14.7 Å². The second-order valence-corrected chi connectivity index (χ2v) is 12.5. The maximum atomic E-state index is 12.1. The highest BCUT2D eigenvalue weighted by molar-refractivity contribution is 5.76. The number of carbonyl (C=O) groups is 2. The molecule has 2 aliphatic heterocycles. The Morgan fingerprint density at radius 2 is 1.55 bits per heavy atom. The molecule has 0 radical (unpaired) electrons. The molecule has 2 fully saturated rings. The van der Waals surface area contributed by atoms with Gasteiger partial charge in [0.25, 0.3) is 0 Å². The molecule has 256 valence electrons. The molecule has 0 unspecified atom stereocenters. The van der Waals surface area contributed by atoms with Crippen LogP contribution in [-0.2, 0) is 32.2 Å². The van der Waals surface area contributed by atoms with Crippen molar-refractivity contribution < 1.29 is 29.3 Å². The van der Waals surface area contributed by atoms with Crippen LogP contribution in [0.5, 0.6) is 0 Å². The summed E-state index contributed by atoms with van der Waals surface area (Å²) in [5, 5.41) is 21.2. The van der Waals surface area contributed by atoms with Crippen LogP contribution < -0.4 is 10.2 Å². The van der Waals surface area contributed by atoms with Crippen LogP contribution >= 0.6 is 0 Å². The molecule has 4 aromatic rings. The van der Waals surface area contributed by atoms with Crippen LogP contribution in [0.25, 0.3) is 11.1 Å². The van der Waals surface area contributed by atoms with E-state index in [1.54, 1.807) is 12.4 Å². The number of aliphatic carboxylic acids is 1. The minimum atomic E-state index is -0.897. The SMILES string of the molecule is O=C(O)CCCC(=O)NCc1cccc(-c2ccc([C@H]3O[C@@H](CN4CCN(c5ncccn5)CC4)C[C@@H](c4ccc(CO)cc4)O3)cc2)c1. The molecule has 1 aromatic heterocycles. The number of amides is 1. The third-order valence-electron chi connectivity index (χ3n) is 9.01. The van der Waals surface area contributed by atoms with Crippen LogP contribution in [0.2, 0.25) is 0 Å². The Bertz CT molecular complexity index is 1660. The number of hydrogen-bond donors (Lipinski definition) is 3. The molecule has 1 amide bonds. The number of carbonyl (C=O) groups excluding carboxylic acids is 1. The van der Waals surface area contributed by atoms with E-state index in [4.69, 9.17) is 14.6 Å². The molecule has 0 spiro atoms. The normalized spacial score (nSPS) is 19.8. The molecule has 0 saturated carbocycles. The lowest BCUT2D eigenvalue weighted by atomic mass is 9.98. The van der Waals surface area contributed by atoms with Crippen molar-refractivity contribution in [1.82, 2.24) is 20.2 Å². The fourth-order valence-electron chi connectivity index (χ4n) is 6.29. The van der Waals surface area contributed by atoms with Crippen molar-refractivity contribution in [2.45, 2.75) is 57.3 Å². The number of ether oxygens (including phenoxy) is 2. The topological polar surface area (TPSA) is 137 Å². The van der Waals surface area contributed by atoms with Gasteiger partial charge in [0, 0.05) is 76.5 Å². The van der Waals surface area contributed by atoms with Crippen LogP contribution in [0.15, 0.2) is 91.3 Å². The molecule has 11 nitrogen and oxygen atoms in total. The van der Waals surface area contributed by atoms with E-state index in [2.05, 4.69) is 37.2 Å². The lowest BCUT2D eigenvalue weighted by molar-refractivity contribution is -0.253. The maximum Gasteiger partial charge on any atom is 0.303 e. The van der Waals surface area contributed by atoms with Crippen molar-refractivity contribution >= 4 is 17.8 Å². The van der Waals surface area contributed by atoms with Gasteiger partial charge in [0.15, 0.2) is 6.29 Å². The second kappa shape index (κ2) is 16.6. The van der Waals surface area contributed by atoms with Crippen LogP contribution in [-0.4, -0.2) is 75.8 Å². The van der Waals surface area contributed by atoms with Crippen molar-refractivity contribution in [3.05, 3.63) is 114 Å². The molecule has 2 saturated heterocycles. The monoisotopic (exact) mass is 665 g/mol. The van der Waals surface area contributed by atoms with Gasteiger partial charge in [-0.05, 0) is 46.4 Å². The highest BCUT2D eigenvalue weighted by Gasteiger charge is 2.34. The number of carboxylic acids is 1. The molecule has 2 aliphatic rings. The summed E-state index contributed by atoms with van der Waals surface area (Å²) < 4.78 is 13.2. The van der Waals surface area contributed by atoms with Crippen molar-refractivity contribution in [2.75, 3.05) is 37.6 Å². The molecular formula is C38H43N5O6. The lowest BCUT2D eigenvalue weighted by Crippen LogP contribution is -2.50. The Labute approximate surface area is 286 Å². The maximum absolute atomic E-state index is 12.1. The van der Waals surface area contributed by atoms with Crippen LogP contribution in [0.4, 0.5) is 5.95 Å². The highest BCUT2D eigenvalue weighted by Crippen LogP contribution is 2.39. The van der Waals surface area contributed by atoms with E-state index in [1.165, 1.54) is 0 Å². The molecule has 11 heteroatoms. The van der Waals surface area contributed by atoms with Gasteiger partial charge in [-0.1, -0.05) is 66.7 Å². The van der Waals surface area contributed by atoms with E-state index < -0.39 is 12.3 Å². The zero-order valence-electron chi connectivity index (χ0n) is 27.5. The number of nitrogens with one attached hydrogen (secondary N) is 1. The summed E-state index contributed by atoms with van der Waals surface area (Å²) in [6.45, 7) is 4.64. The number of anilines is 1. The average molecular weight is 666 g/mol. The first-order valence-electron chi connectivity index (χ1n) is 16.9. The van der Waals surface area contributed by atoms with Gasteiger partial charge in [0.05, 0.1) is 18.8 Å². The van der Waals surface area contributed by atoms with Gasteiger partial charge in [-0.3, -0.25) is 14.5 Å². The number of benzene rings is 3. The Kier molecular flexibility index (Phi) is 11.6. The van der Waals surface area contributed by atoms with Gasteiger partial charge in [-0.25, -0.2) is 9.97 Å². The zero-order chi connectivity index (χ0) is 34.0. The Morgan fingerprint density at radius 1 is 0.816 bits per heavy atom. The summed E-state index contributed by atoms with van der Waals surface area (Å²) in [5.41, 5.74) is 5.87. The predicted molar refractivity (Wildman–Crippen MR) is 184 cm³/mol. The number of carboxylic acid groups (broad SMARTS) is 1. The summed E-state index contributed by atoms with van der Waals surface area (Å²) in [7, 11) is 0. The molecule has 0 bridgehead atoms. The predicted octanol–water partition coefficient (Wildman–Crippen LogP) is 4.87. The Balaban J connectivity index is 1.11. The third-order valence-corrected chi connectivity index (χ3v) is 9.01. The van der Waals surface area contributed by atoms with Crippen molar-refractivity contribution in [3.8, 4) is 11.1 Å². The van der Waals surface area contributed by atoms with Gasteiger partial charge in [-0.2, -0.15) is 0 Å². The quantitative estimate of drug-likeness (QED) is 0.181. The third kappa shape index (κ3) is 9.48. The first-order valence-corrected chi connectivity index (χ1v) is 16.9. The van der Waals surface area contributed by atoms with E-state index in [0.29, 0.717) is 13.0 Å². The largest absolute Gasteiger partial charge is 0.481 e. The first-order chi connectivity index (χ1) is 23.9. The number of aliphatic hydroxyl groups excluding tert-OH is 1. The van der Waals surface area contributed by atoms with Crippen molar-refractivity contribution in [1.29, 1.82) is 0 Å². The fraction of sp³-hybridized carbons (Fsp3) is 0.368. The average Bonchev–Trinajstić information content (AvgIpc) is 3.14. The summed E-state index contributed by atoms with van der Waals surface area (Å²) in [6.07, 6.45) is 4.02. The number of piperazine rings is 1. The summed E-state index contributed by atoms with van der Waals surface area (Å²) in [6, 6.07) is 26.0. The fourth-order valence-corrected chi connectivity index (χ4v) is 6.29. The summed E-state index contributed by atoms with van der Waals surface area (Å²) in [4.78, 5) is 36.3. The van der Waals surface area contributed by atoms with E-state index in [-0.39, 0.29) is 37.6 Å². The molecule has 49 heavy (non-hydrogen) atoms. The highest BCUT2D eigenvalue weighted by atomic mass is 16.7. The Hall–Kier alpha value is -4.68. The molecule has 3 N–H and O–H groups in total. The molecule has 6 rings (SSSR count). The molecule has 3 atom stereocenters. The number of hydrogen-bond acceptors (Lipinski definition) is 9. The van der Waals surface area contributed by atoms with Crippen molar-refractivity contribution in [3.63, 3.8) is 0 Å². The lowest BCUT2D eigenvalue weighted by Gasteiger charge is -2.40. The smallest absolute Gasteiger partial charge is 0.303 e. The zero-order valence-corrected chi connectivity index (χ0v) is 27.5. The van der Waals surface area contributed by atoms with Gasteiger partial charge in [-0.15, -0.1) is 0 Å². The van der Waals surface area contributed by atoms with Gasteiger partial charge < -0.3 is 29.9 Å².